The fourth-order valence-electron chi connectivity index (χ4n) is 3.09. The number of carbonyl (C=O) groups is 1. The Hall–Kier alpha value is -2.23. The van der Waals surface area contributed by atoms with Gasteiger partial charge in [0, 0.05) is 33.4 Å². The second-order valence-electron chi connectivity index (χ2n) is 6.96. The van der Waals surface area contributed by atoms with Gasteiger partial charge < -0.3 is 19.7 Å². The van der Waals surface area contributed by atoms with Crippen molar-refractivity contribution in [1.82, 2.24) is 9.55 Å². The molecule has 0 bridgehead atoms. The molecule has 1 amide bonds. The van der Waals surface area contributed by atoms with Gasteiger partial charge in [-0.3, -0.25) is 4.79 Å². The summed E-state index contributed by atoms with van der Waals surface area (Å²) in [7, 11) is 0. The predicted octanol–water partition coefficient (Wildman–Crippen LogP) is 5.85. The fraction of sp³-hybridized carbons (Fsp3) is 0.300. The van der Waals surface area contributed by atoms with Crippen LogP contribution in [0.2, 0.25) is 0 Å². The number of benzene rings is 2. The van der Waals surface area contributed by atoms with Crippen molar-refractivity contribution in [3.8, 4) is 5.75 Å². The molecule has 2 N–H and O–H groups in total. The lowest BCUT2D eigenvalue weighted by Gasteiger charge is -2.15. The highest BCUT2D eigenvalue weighted by atomic mass is 79.9. The number of hydrogen-bond donors (Lipinski definition) is 2. The first kappa shape index (κ1) is 22.5. The van der Waals surface area contributed by atoms with Gasteiger partial charge in [0.15, 0.2) is 0 Å². The highest BCUT2D eigenvalue weighted by Crippen LogP contribution is 2.32. The van der Waals surface area contributed by atoms with Crippen LogP contribution in [0.25, 0.3) is 11.0 Å². The standard InChI is InChI=1S/C20H19BrClF2N3O3/c1-10(2)27-17-15(21)8-12(9-16(17)26-18(27)11(3)28)19(29)25-13-4-6-14(7-5-13)30-20(22,23)24/h4-11,28H,1-3H3,(H,25,29)/t11-/m0/s1. The van der Waals surface area contributed by atoms with E-state index < -0.39 is 17.6 Å². The van der Waals surface area contributed by atoms with Crippen LogP contribution in [0.4, 0.5) is 14.5 Å². The number of alkyl halides is 3. The van der Waals surface area contributed by atoms with Crippen LogP contribution in [0.3, 0.4) is 0 Å². The van der Waals surface area contributed by atoms with Crippen LogP contribution < -0.4 is 10.1 Å². The van der Waals surface area contributed by atoms with Crippen molar-refractivity contribution in [3.63, 3.8) is 0 Å². The van der Waals surface area contributed by atoms with Gasteiger partial charge in [0.1, 0.15) is 17.7 Å². The normalized spacial score (nSPS) is 13.0. The quantitative estimate of drug-likeness (QED) is 0.414. The van der Waals surface area contributed by atoms with Gasteiger partial charge >= 0.3 is 5.57 Å². The number of rotatable bonds is 6. The lowest BCUT2D eigenvalue weighted by atomic mass is 10.1. The number of ether oxygens (including phenoxy) is 1. The zero-order valence-corrected chi connectivity index (χ0v) is 18.6. The minimum Gasteiger partial charge on any atom is -0.420 e. The lowest BCUT2D eigenvalue weighted by molar-refractivity contribution is -0.0964. The van der Waals surface area contributed by atoms with E-state index in [1.54, 1.807) is 19.1 Å². The molecule has 2 aromatic carbocycles. The summed E-state index contributed by atoms with van der Waals surface area (Å²) >= 11 is 8.23. The number of aliphatic hydroxyl groups excluding tert-OH is 1. The van der Waals surface area contributed by atoms with Crippen LogP contribution in [0, 0.1) is 0 Å². The van der Waals surface area contributed by atoms with E-state index in [4.69, 9.17) is 11.6 Å². The number of carbonyl (C=O) groups excluding carboxylic acids is 1. The molecule has 30 heavy (non-hydrogen) atoms. The van der Waals surface area contributed by atoms with Gasteiger partial charge in [0.05, 0.1) is 11.0 Å². The average molecular weight is 503 g/mol. The second-order valence-corrected chi connectivity index (χ2v) is 8.26. The van der Waals surface area contributed by atoms with E-state index in [9.17, 15) is 18.7 Å². The molecule has 1 aromatic heterocycles. The van der Waals surface area contributed by atoms with E-state index in [-0.39, 0.29) is 11.8 Å². The van der Waals surface area contributed by atoms with Crippen LogP contribution in [0.5, 0.6) is 5.75 Å². The van der Waals surface area contributed by atoms with Crippen LogP contribution >= 0.6 is 27.5 Å². The lowest BCUT2D eigenvalue weighted by Crippen LogP contribution is -2.15. The Bertz CT molecular complexity index is 1080. The molecule has 0 spiro atoms. The minimum atomic E-state index is -3.81. The predicted molar refractivity (Wildman–Crippen MR) is 114 cm³/mol. The third kappa shape index (κ3) is 4.91. The van der Waals surface area contributed by atoms with Crippen molar-refractivity contribution < 1.29 is 23.4 Å². The van der Waals surface area contributed by atoms with Crippen molar-refractivity contribution in [2.75, 3.05) is 5.32 Å². The highest BCUT2D eigenvalue weighted by Gasteiger charge is 2.27. The molecule has 3 rings (SSSR count). The SMILES string of the molecule is CC(C)n1c([C@H](C)O)nc2cc(C(=O)Nc3ccc(OC(F)(F)Cl)cc3)cc(Br)c21. The molecule has 0 unspecified atom stereocenters. The fourth-order valence-corrected chi connectivity index (χ4v) is 3.82. The molecule has 1 heterocycles. The molecule has 0 saturated carbocycles. The molecule has 160 valence electrons. The van der Waals surface area contributed by atoms with Gasteiger partial charge in [-0.1, -0.05) is 0 Å². The number of amides is 1. The third-order valence-corrected chi connectivity index (χ3v) is 4.95. The monoisotopic (exact) mass is 501 g/mol. The Balaban J connectivity index is 1.89. The summed E-state index contributed by atoms with van der Waals surface area (Å²) < 4.78 is 32.2. The summed E-state index contributed by atoms with van der Waals surface area (Å²) in [5.41, 5.74) is -1.74. The number of hydrogen-bond acceptors (Lipinski definition) is 4. The van der Waals surface area contributed by atoms with Gasteiger partial charge in [-0.15, -0.1) is 8.78 Å². The third-order valence-electron chi connectivity index (χ3n) is 4.26. The summed E-state index contributed by atoms with van der Waals surface area (Å²) in [6.07, 6.45) is -0.773. The van der Waals surface area contributed by atoms with E-state index >= 15 is 0 Å². The Morgan fingerprint density at radius 3 is 2.43 bits per heavy atom. The summed E-state index contributed by atoms with van der Waals surface area (Å²) in [4.78, 5) is 17.2. The maximum absolute atomic E-state index is 12.7. The van der Waals surface area contributed by atoms with E-state index in [0.29, 0.717) is 27.1 Å². The van der Waals surface area contributed by atoms with E-state index in [1.165, 1.54) is 24.3 Å². The topological polar surface area (TPSA) is 76.4 Å². The summed E-state index contributed by atoms with van der Waals surface area (Å²) in [5.74, 6) is -0.0429. The molecule has 3 aromatic rings. The van der Waals surface area contributed by atoms with Crippen molar-refractivity contribution >= 4 is 50.2 Å². The maximum atomic E-state index is 12.7. The van der Waals surface area contributed by atoms with Gasteiger partial charge in [-0.25, -0.2) is 4.98 Å². The second kappa shape index (κ2) is 8.49. The van der Waals surface area contributed by atoms with E-state index in [1.807, 2.05) is 18.4 Å². The van der Waals surface area contributed by atoms with Gasteiger partial charge in [-0.05, 0) is 73.1 Å². The molecule has 1 atom stereocenters. The number of nitrogens with zero attached hydrogens (tertiary/aromatic N) is 2. The van der Waals surface area contributed by atoms with Gasteiger partial charge in [0.25, 0.3) is 5.91 Å². The van der Waals surface area contributed by atoms with Gasteiger partial charge in [-0.2, -0.15) is 0 Å². The number of halogens is 4. The minimum absolute atomic E-state index is 0.0525. The van der Waals surface area contributed by atoms with E-state index in [2.05, 4.69) is 31.0 Å². The number of fused-ring (bicyclic) bond motifs is 1. The maximum Gasteiger partial charge on any atom is 0.487 e. The molecule has 10 heteroatoms. The Kier molecular flexibility index (Phi) is 6.35. The Morgan fingerprint density at radius 1 is 1.27 bits per heavy atom. The number of aliphatic hydroxyl groups is 1. The molecule has 0 aliphatic rings. The smallest absolute Gasteiger partial charge is 0.420 e. The van der Waals surface area contributed by atoms with Crippen molar-refractivity contribution in [3.05, 3.63) is 52.3 Å². The number of aromatic nitrogens is 2. The Morgan fingerprint density at radius 2 is 1.90 bits per heavy atom. The van der Waals surface area contributed by atoms with Crippen LogP contribution in [0.1, 0.15) is 49.1 Å². The largest absolute Gasteiger partial charge is 0.487 e. The molecule has 0 radical (unpaired) electrons. The summed E-state index contributed by atoms with van der Waals surface area (Å²) in [5, 5.41) is 12.8. The number of nitrogens with one attached hydrogen (secondary N) is 1. The molecule has 0 aliphatic heterocycles. The summed E-state index contributed by atoms with van der Waals surface area (Å²) in [6, 6.07) is 8.72. The van der Waals surface area contributed by atoms with Crippen molar-refractivity contribution in [2.45, 2.75) is 38.5 Å². The number of anilines is 1. The zero-order valence-electron chi connectivity index (χ0n) is 16.3. The molecular weight excluding hydrogens is 484 g/mol. The van der Waals surface area contributed by atoms with Crippen LogP contribution in [-0.4, -0.2) is 26.1 Å². The highest BCUT2D eigenvalue weighted by molar-refractivity contribution is 9.10. The van der Waals surface area contributed by atoms with E-state index in [0.717, 1.165) is 5.52 Å². The molecule has 0 aliphatic carbocycles. The number of imidazole rings is 1. The van der Waals surface area contributed by atoms with Crippen LogP contribution in [0.15, 0.2) is 40.9 Å². The van der Waals surface area contributed by atoms with Gasteiger partial charge in [0.2, 0.25) is 0 Å². The first-order valence-electron chi connectivity index (χ1n) is 9.03. The average Bonchev–Trinajstić information content (AvgIpc) is 3.03. The molecule has 0 fully saturated rings. The van der Waals surface area contributed by atoms with Crippen LogP contribution in [-0.2, 0) is 0 Å². The zero-order chi connectivity index (χ0) is 22.2. The molecule has 0 saturated heterocycles. The molecular formula is C20H19BrClF2N3O3. The molecule has 6 nitrogen and oxygen atoms in total. The first-order chi connectivity index (χ1) is 14.0. The van der Waals surface area contributed by atoms with Crippen molar-refractivity contribution in [1.29, 1.82) is 0 Å². The Labute approximate surface area is 184 Å². The first-order valence-corrected chi connectivity index (χ1v) is 10.2. The van der Waals surface area contributed by atoms with Crippen molar-refractivity contribution in [2.24, 2.45) is 0 Å². The summed E-state index contributed by atoms with van der Waals surface area (Å²) in [6.45, 7) is 5.59.